The Hall–Kier alpha value is -3.59. The summed E-state index contributed by atoms with van der Waals surface area (Å²) in [5, 5.41) is 4.17. The van der Waals surface area contributed by atoms with Crippen LogP contribution >= 0.6 is 11.6 Å². The summed E-state index contributed by atoms with van der Waals surface area (Å²) < 4.78 is 5.52. The van der Waals surface area contributed by atoms with Crippen molar-refractivity contribution >= 4 is 46.6 Å². The summed E-state index contributed by atoms with van der Waals surface area (Å²) in [6, 6.07) is 11.0. The molecule has 2 aromatic rings. The van der Waals surface area contributed by atoms with Crippen molar-refractivity contribution in [3.63, 3.8) is 0 Å². The molecule has 2 N–H and O–H groups in total. The van der Waals surface area contributed by atoms with Gasteiger partial charge in [0.05, 0.1) is 10.7 Å². The van der Waals surface area contributed by atoms with Crippen LogP contribution in [0.5, 0.6) is 5.75 Å². The number of carbonyl (C=O) groups is 4. The van der Waals surface area contributed by atoms with Crippen molar-refractivity contribution in [2.24, 2.45) is 0 Å². The smallest absolute Gasteiger partial charge is 0.260 e. The first-order valence-electron chi connectivity index (χ1n) is 10.6. The fourth-order valence-corrected chi connectivity index (χ4v) is 3.49. The van der Waals surface area contributed by atoms with E-state index < -0.39 is 0 Å². The van der Waals surface area contributed by atoms with E-state index in [2.05, 4.69) is 10.7 Å². The van der Waals surface area contributed by atoms with E-state index in [-0.39, 0.29) is 48.1 Å². The molecule has 1 fully saturated rings. The highest BCUT2D eigenvalue weighted by Gasteiger charge is 2.24. The van der Waals surface area contributed by atoms with Crippen LogP contribution in [0, 0.1) is 0 Å². The molecule has 4 amide bonds. The van der Waals surface area contributed by atoms with Gasteiger partial charge in [-0.15, -0.1) is 0 Å². The predicted molar refractivity (Wildman–Crippen MR) is 124 cm³/mol. The second-order valence-electron chi connectivity index (χ2n) is 7.27. The van der Waals surface area contributed by atoms with Crippen molar-refractivity contribution in [3.8, 4) is 5.75 Å². The molecule has 3 rings (SSSR count). The van der Waals surface area contributed by atoms with Crippen molar-refractivity contribution in [2.75, 3.05) is 30.0 Å². The van der Waals surface area contributed by atoms with Gasteiger partial charge in [0, 0.05) is 37.2 Å². The lowest BCUT2D eigenvalue weighted by Gasteiger charge is -2.27. The van der Waals surface area contributed by atoms with E-state index in [0.717, 1.165) is 0 Å². The lowest BCUT2D eigenvalue weighted by molar-refractivity contribution is -0.133. The molecule has 0 atom stereocenters. The van der Waals surface area contributed by atoms with Gasteiger partial charge in [-0.25, -0.2) is 5.01 Å². The first-order chi connectivity index (χ1) is 15.8. The maximum absolute atomic E-state index is 12.6. The average Bonchev–Trinajstić information content (AvgIpc) is 2.81. The number of likely N-dealkylation sites (N-methyl/N-ethyl adjacent to an activating group) is 1. The van der Waals surface area contributed by atoms with Crippen molar-refractivity contribution in [3.05, 3.63) is 53.1 Å². The number of carbonyl (C=O) groups excluding carboxylic acids is 4. The standard InChI is InChI=1S/C23H25ClN4O5/c1-3-27(4-2)22(31)14-33-19-10-7-16(13-18(19)24)25-23(32)15-5-8-17(9-6-15)28-21(30)12-11-20(29)26-28/h5-10,13H,3-4,11-12,14H2,1-2H3,(H,25,32)(H,26,29). The Labute approximate surface area is 196 Å². The topological polar surface area (TPSA) is 108 Å². The molecule has 0 bridgehead atoms. The first-order valence-corrected chi connectivity index (χ1v) is 10.9. The fraction of sp³-hybridized carbons (Fsp3) is 0.304. The molecule has 1 aliphatic rings. The van der Waals surface area contributed by atoms with E-state index in [1.54, 1.807) is 41.3 Å². The number of nitrogens with zero attached hydrogens (tertiary/aromatic N) is 2. The second kappa shape index (κ2) is 10.8. The average molecular weight is 473 g/mol. The predicted octanol–water partition coefficient (Wildman–Crippen LogP) is 3.00. The van der Waals surface area contributed by atoms with Crippen LogP contribution in [-0.2, 0) is 14.4 Å². The van der Waals surface area contributed by atoms with Crippen LogP contribution in [0.4, 0.5) is 11.4 Å². The van der Waals surface area contributed by atoms with Crippen LogP contribution in [0.1, 0.15) is 37.0 Å². The van der Waals surface area contributed by atoms with Crippen LogP contribution in [0.15, 0.2) is 42.5 Å². The Morgan fingerprint density at radius 2 is 1.79 bits per heavy atom. The Balaban J connectivity index is 1.61. The number of nitrogens with one attached hydrogen (secondary N) is 2. The van der Waals surface area contributed by atoms with Gasteiger partial charge in [0.15, 0.2) is 6.61 Å². The monoisotopic (exact) mass is 472 g/mol. The Morgan fingerprint density at radius 1 is 1.09 bits per heavy atom. The van der Waals surface area contributed by atoms with E-state index in [1.807, 2.05) is 13.8 Å². The molecule has 10 heteroatoms. The van der Waals surface area contributed by atoms with Gasteiger partial charge >= 0.3 is 0 Å². The molecule has 0 aromatic heterocycles. The molecule has 9 nitrogen and oxygen atoms in total. The number of hydrazine groups is 1. The fourth-order valence-electron chi connectivity index (χ4n) is 3.25. The highest BCUT2D eigenvalue weighted by Crippen LogP contribution is 2.28. The van der Waals surface area contributed by atoms with Gasteiger partial charge in [0.2, 0.25) is 11.8 Å². The van der Waals surface area contributed by atoms with Gasteiger partial charge in [-0.05, 0) is 56.3 Å². The lowest BCUT2D eigenvalue weighted by Crippen LogP contribution is -2.50. The normalized spacial score (nSPS) is 13.4. The molecule has 1 aliphatic heterocycles. The van der Waals surface area contributed by atoms with Crippen molar-refractivity contribution < 1.29 is 23.9 Å². The van der Waals surface area contributed by atoms with Crippen molar-refractivity contribution in [1.82, 2.24) is 10.3 Å². The van der Waals surface area contributed by atoms with Crippen LogP contribution in [0.25, 0.3) is 0 Å². The third kappa shape index (κ3) is 6.01. The molecule has 0 spiro atoms. The largest absolute Gasteiger partial charge is 0.482 e. The minimum absolute atomic E-state index is 0.126. The van der Waals surface area contributed by atoms with Gasteiger partial charge < -0.3 is 15.0 Å². The molecule has 1 saturated heterocycles. The third-order valence-electron chi connectivity index (χ3n) is 5.10. The molecule has 0 unspecified atom stereocenters. The van der Waals surface area contributed by atoms with E-state index in [4.69, 9.17) is 16.3 Å². The van der Waals surface area contributed by atoms with E-state index in [9.17, 15) is 19.2 Å². The summed E-state index contributed by atoms with van der Waals surface area (Å²) in [7, 11) is 0. The number of hydrogen-bond acceptors (Lipinski definition) is 5. The van der Waals surface area contributed by atoms with Gasteiger partial charge in [0.1, 0.15) is 5.75 Å². The zero-order valence-corrected chi connectivity index (χ0v) is 19.1. The lowest BCUT2D eigenvalue weighted by atomic mass is 10.1. The summed E-state index contributed by atoms with van der Waals surface area (Å²) in [6.45, 7) is 4.86. The molecule has 2 aromatic carbocycles. The summed E-state index contributed by atoms with van der Waals surface area (Å²) in [5.74, 6) is -0.631. The molecule has 33 heavy (non-hydrogen) atoms. The summed E-state index contributed by atoms with van der Waals surface area (Å²) >= 11 is 6.25. The van der Waals surface area contributed by atoms with Crippen molar-refractivity contribution in [2.45, 2.75) is 26.7 Å². The van der Waals surface area contributed by atoms with Gasteiger partial charge in [0.25, 0.3) is 11.8 Å². The van der Waals surface area contributed by atoms with E-state index in [0.29, 0.717) is 35.8 Å². The number of anilines is 2. The molecule has 0 radical (unpaired) electrons. The molecular weight excluding hydrogens is 448 g/mol. The number of hydrogen-bond donors (Lipinski definition) is 2. The van der Waals surface area contributed by atoms with Crippen molar-refractivity contribution in [1.29, 1.82) is 0 Å². The first kappa shape index (κ1) is 24.1. The highest BCUT2D eigenvalue weighted by molar-refractivity contribution is 6.32. The minimum atomic E-state index is -0.378. The van der Waals surface area contributed by atoms with E-state index >= 15 is 0 Å². The second-order valence-corrected chi connectivity index (χ2v) is 7.67. The van der Waals surface area contributed by atoms with Gasteiger partial charge in [-0.1, -0.05) is 11.6 Å². The van der Waals surface area contributed by atoms with Gasteiger partial charge in [-0.2, -0.15) is 0 Å². The van der Waals surface area contributed by atoms with Crippen LogP contribution in [0.3, 0.4) is 0 Å². The molecule has 0 aliphatic carbocycles. The Bertz CT molecular complexity index is 1050. The maximum atomic E-state index is 12.6. The van der Waals surface area contributed by atoms with Gasteiger partial charge in [-0.3, -0.25) is 24.6 Å². The highest BCUT2D eigenvalue weighted by atomic mass is 35.5. The van der Waals surface area contributed by atoms with E-state index in [1.165, 1.54) is 11.1 Å². The Morgan fingerprint density at radius 3 is 2.42 bits per heavy atom. The quantitative estimate of drug-likeness (QED) is 0.614. The SMILES string of the molecule is CCN(CC)C(=O)COc1ccc(NC(=O)c2ccc(N3NC(=O)CCC3=O)cc2)cc1Cl. The summed E-state index contributed by atoms with van der Waals surface area (Å²) in [5.41, 5.74) is 3.78. The van der Waals surface area contributed by atoms with Crippen LogP contribution in [0.2, 0.25) is 5.02 Å². The zero-order chi connectivity index (χ0) is 24.0. The number of benzene rings is 2. The molecule has 1 heterocycles. The maximum Gasteiger partial charge on any atom is 0.260 e. The number of halogens is 1. The minimum Gasteiger partial charge on any atom is -0.482 e. The number of amides is 4. The zero-order valence-electron chi connectivity index (χ0n) is 18.4. The summed E-state index contributed by atoms with van der Waals surface area (Å²) in [6.07, 6.45) is 0.298. The van der Waals surface area contributed by atoms with Crippen LogP contribution < -0.4 is 20.5 Å². The summed E-state index contributed by atoms with van der Waals surface area (Å²) in [4.78, 5) is 49.9. The molecule has 0 saturated carbocycles. The molecule has 174 valence electrons. The Kier molecular flexibility index (Phi) is 7.89. The molecular formula is C23H25ClN4O5. The number of ether oxygens (including phenoxy) is 1. The third-order valence-corrected chi connectivity index (χ3v) is 5.39. The van der Waals surface area contributed by atoms with Crippen LogP contribution in [-0.4, -0.2) is 48.2 Å². The number of rotatable bonds is 8.